The smallest absolute Gasteiger partial charge is 0.253 e. The Labute approximate surface area is 128 Å². The van der Waals surface area contributed by atoms with Crippen molar-refractivity contribution in [3.8, 4) is 0 Å². The van der Waals surface area contributed by atoms with Gasteiger partial charge in [0.1, 0.15) is 6.04 Å². The van der Waals surface area contributed by atoms with E-state index in [1.165, 1.54) is 0 Å². The minimum atomic E-state index is -0.658. The van der Waals surface area contributed by atoms with Gasteiger partial charge in [0.15, 0.2) is 0 Å². The second-order valence-electron chi connectivity index (χ2n) is 4.19. The monoisotopic (exact) mass is 317 g/mol. The van der Waals surface area contributed by atoms with Gasteiger partial charge in [0.25, 0.3) is 5.91 Å². The molecule has 3 N–H and O–H groups in total. The zero-order valence-electron chi connectivity index (χ0n) is 11.3. The van der Waals surface area contributed by atoms with Crippen LogP contribution in [0.4, 0.5) is 0 Å². The summed E-state index contributed by atoms with van der Waals surface area (Å²) in [6, 6.07) is 4.11. The third-order valence-electron chi connectivity index (χ3n) is 2.61. The van der Waals surface area contributed by atoms with Crippen LogP contribution in [0.2, 0.25) is 10.0 Å². The number of hydrogen-bond donors (Lipinski definition) is 3. The van der Waals surface area contributed by atoms with Crippen LogP contribution in [0, 0.1) is 0 Å². The molecule has 110 valence electrons. The molecule has 0 aliphatic rings. The summed E-state index contributed by atoms with van der Waals surface area (Å²) in [6.45, 7) is 2.76. The van der Waals surface area contributed by atoms with Gasteiger partial charge in [-0.2, -0.15) is 0 Å². The Kier molecular flexibility index (Phi) is 6.78. The Morgan fingerprint density at radius 2 is 1.95 bits per heavy atom. The number of amides is 2. The van der Waals surface area contributed by atoms with Gasteiger partial charge in [0.2, 0.25) is 5.91 Å². The maximum absolute atomic E-state index is 12.0. The Balaban J connectivity index is 2.61. The molecule has 0 bridgehead atoms. The van der Waals surface area contributed by atoms with Crippen LogP contribution in [-0.2, 0) is 4.79 Å². The van der Waals surface area contributed by atoms with Crippen LogP contribution in [0.3, 0.4) is 0 Å². The largest absolute Gasteiger partial charge is 0.353 e. The lowest BCUT2D eigenvalue weighted by molar-refractivity contribution is -0.122. The maximum atomic E-state index is 12.0. The molecule has 1 rings (SSSR count). The summed E-state index contributed by atoms with van der Waals surface area (Å²) in [5.41, 5.74) is 0.244. The molecule has 0 aromatic heterocycles. The van der Waals surface area contributed by atoms with E-state index in [0.717, 1.165) is 0 Å². The zero-order chi connectivity index (χ0) is 15.1. The summed E-state index contributed by atoms with van der Waals surface area (Å²) in [7, 11) is 1.79. The molecule has 2 amide bonds. The standard InChI is InChI=1S/C13H17Cl2N3O2/c1-8(12(19)17-7-6-16-2)18-13(20)9-4-3-5-10(14)11(9)15/h3-5,8,16H,6-7H2,1-2H3,(H,17,19)(H,18,20). The van der Waals surface area contributed by atoms with Crippen molar-refractivity contribution in [2.45, 2.75) is 13.0 Å². The van der Waals surface area contributed by atoms with Gasteiger partial charge in [-0.3, -0.25) is 9.59 Å². The van der Waals surface area contributed by atoms with E-state index < -0.39 is 11.9 Å². The summed E-state index contributed by atoms with van der Waals surface area (Å²) in [5, 5.41) is 8.65. The maximum Gasteiger partial charge on any atom is 0.253 e. The van der Waals surface area contributed by atoms with Gasteiger partial charge >= 0.3 is 0 Å². The zero-order valence-corrected chi connectivity index (χ0v) is 12.8. The molecule has 0 saturated carbocycles. The second kappa shape index (κ2) is 8.09. The molecule has 5 nitrogen and oxygen atoms in total. The van der Waals surface area contributed by atoms with Crippen LogP contribution >= 0.6 is 23.2 Å². The first-order chi connectivity index (χ1) is 9.47. The van der Waals surface area contributed by atoms with Crippen LogP contribution in [0.15, 0.2) is 18.2 Å². The average molecular weight is 318 g/mol. The summed E-state index contributed by atoms with van der Waals surface area (Å²) in [6.07, 6.45) is 0. The SMILES string of the molecule is CNCCNC(=O)C(C)NC(=O)c1cccc(Cl)c1Cl. The third kappa shape index (κ3) is 4.67. The molecule has 7 heteroatoms. The molecular weight excluding hydrogens is 301 g/mol. The Hall–Kier alpha value is -1.30. The fraction of sp³-hybridized carbons (Fsp3) is 0.385. The third-order valence-corrected chi connectivity index (χ3v) is 3.43. The molecule has 1 atom stereocenters. The Morgan fingerprint density at radius 1 is 1.25 bits per heavy atom. The van der Waals surface area contributed by atoms with Crippen LogP contribution in [0.1, 0.15) is 17.3 Å². The first-order valence-electron chi connectivity index (χ1n) is 6.14. The molecule has 0 saturated heterocycles. The first kappa shape index (κ1) is 16.8. The predicted molar refractivity (Wildman–Crippen MR) is 80.3 cm³/mol. The number of benzene rings is 1. The highest BCUT2D eigenvalue weighted by molar-refractivity contribution is 6.43. The van der Waals surface area contributed by atoms with E-state index in [0.29, 0.717) is 18.1 Å². The molecule has 0 fully saturated rings. The summed E-state index contributed by atoms with van der Waals surface area (Å²) in [5.74, 6) is -0.694. The van der Waals surface area contributed by atoms with Gasteiger partial charge in [0.05, 0.1) is 15.6 Å². The first-order valence-corrected chi connectivity index (χ1v) is 6.90. The molecule has 1 unspecified atom stereocenters. The van der Waals surface area contributed by atoms with E-state index in [-0.39, 0.29) is 16.5 Å². The van der Waals surface area contributed by atoms with Gasteiger partial charge in [-0.25, -0.2) is 0 Å². The van der Waals surface area contributed by atoms with Crippen molar-refractivity contribution >= 4 is 35.0 Å². The highest BCUT2D eigenvalue weighted by atomic mass is 35.5. The lowest BCUT2D eigenvalue weighted by Gasteiger charge is -2.14. The van der Waals surface area contributed by atoms with Crippen molar-refractivity contribution in [2.24, 2.45) is 0 Å². The van der Waals surface area contributed by atoms with Crippen LogP contribution in [0.5, 0.6) is 0 Å². The quantitative estimate of drug-likeness (QED) is 0.695. The van der Waals surface area contributed by atoms with Crippen LogP contribution < -0.4 is 16.0 Å². The van der Waals surface area contributed by atoms with E-state index in [2.05, 4.69) is 16.0 Å². The van der Waals surface area contributed by atoms with E-state index >= 15 is 0 Å². The second-order valence-corrected chi connectivity index (χ2v) is 4.98. The van der Waals surface area contributed by atoms with Gasteiger partial charge in [-0.1, -0.05) is 29.3 Å². The highest BCUT2D eigenvalue weighted by Gasteiger charge is 2.18. The van der Waals surface area contributed by atoms with E-state index in [1.54, 1.807) is 32.2 Å². The van der Waals surface area contributed by atoms with Crippen molar-refractivity contribution in [1.29, 1.82) is 0 Å². The molecule has 0 aliphatic heterocycles. The minimum Gasteiger partial charge on any atom is -0.353 e. The number of hydrogen-bond acceptors (Lipinski definition) is 3. The fourth-order valence-electron chi connectivity index (χ4n) is 1.48. The minimum absolute atomic E-state index is 0.175. The van der Waals surface area contributed by atoms with Gasteiger partial charge in [-0.05, 0) is 26.1 Å². The molecule has 0 heterocycles. The van der Waals surface area contributed by atoms with E-state index in [4.69, 9.17) is 23.2 Å². The number of nitrogens with one attached hydrogen (secondary N) is 3. The van der Waals surface area contributed by atoms with Crippen molar-refractivity contribution in [3.05, 3.63) is 33.8 Å². The van der Waals surface area contributed by atoms with Crippen molar-refractivity contribution < 1.29 is 9.59 Å². The molecule has 0 radical (unpaired) electrons. The van der Waals surface area contributed by atoms with Gasteiger partial charge in [-0.15, -0.1) is 0 Å². The summed E-state index contributed by atoms with van der Waals surface area (Å²) < 4.78 is 0. The van der Waals surface area contributed by atoms with Crippen molar-refractivity contribution in [2.75, 3.05) is 20.1 Å². The van der Waals surface area contributed by atoms with E-state index in [9.17, 15) is 9.59 Å². The normalized spacial score (nSPS) is 11.8. The number of likely N-dealkylation sites (N-methyl/N-ethyl adjacent to an activating group) is 1. The van der Waals surface area contributed by atoms with Crippen molar-refractivity contribution in [3.63, 3.8) is 0 Å². The van der Waals surface area contributed by atoms with E-state index in [1.807, 2.05) is 0 Å². The highest BCUT2D eigenvalue weighted by Crippen LogP contribution is 2.25. The number of rotatable bonds is 6. The lowest BCUT2D eigenvalue weighted by atomic mass is 10.2. The molecule has 1 aromatic rings. The Bertz CT molecular complexity index is 495. The summed E-state index contributed by atoms with van der Waals surface area (Å²) in [4.78, 5) is 23.7. The predicted octanol–water partition coefficient (Wildman–Crippen LogP) is 1.45. The molecule has 0 spiro atoms. The lowest BCUT2D eigenvalue weighted by Crippen LogP contribution is -2.46. The Morgan fingerprint density at radius 3 is 2.60 bits per heavy atom. The fourth-order valence-corrected chi connectivity index (χ4v) is 1.87. The molecular formula is C13H17Cl2N3O2. The number of halogens is 2. The topological polar surface area (TPSA) is 70.2 Å². The summed E-state index contributed by atoms with van der Waals surface area (Å²) >= 11 is 11.8. The molecule has 20 heavy (non-hydrogen) atoms. The van der Waals surface area contributed by atoms with Gasteiger partial charge < -0.3 is 16.0 Å². The van der Waals surface area contributed by atoms with Crippen LogP contribution in [-0.4, -0.2) is 38.0 Å². The molecule has 0 aliphatic carbocycles. The van der Waals surface area contributed by atoms with Crippen LogP contribution in [0.25, 0.3) is 0 Å². The van der Waals surface area contributed by atoms with Gasteiger partial charge in [0, 0.05) is 13.1 Å². The number of carbonyl (C=O) groups excluding carboxylic acids is 2. The van der Waals surface area contributed by atoms with Crippen molar-refractivity contribution in [1.82, 2.24) is 16.0 Å². The average Bonchev–Trinajstić information content (AvgIpc) is 2.41. The molecule has 1 aromatic carbocycles. The number of carbonyl (C=O) groups is 2.